The number of hydrogen-bond donors (Lipinski definition) is 1. The van der Waals surface area contributed by atoms with Crippen molar-refractivity contribution in [1.29, 1.82) is 0 Å². The van der Waals surface area contributed by atoms with Crippen molar-refractivity contribution in [3.8, 4) is 0 Å². The molecule has 1 aliphatic carbocycles. The zero-order valence-corrected chi connectivity index (χ0v) is 7.93. The van der Waals surface area contributed by atoms with Crippen molar-refractivity contribution < 1.29 is 14.4 Å². The molecule has 1 aromatic heterocycles. The zero-order valence-electron chi connectivity index (χ0n) is 7.93. The minimum atomic E-state index is -0.766. The van der Waals surface area contributed by atoms with Gasteiger partial charge in [-0.1, -0.05) is 12.1 Å². The van der Waals surface area contributed by atoms with E-state index >= 15 is 0 Å². The van der Waals surface area contributed by atoms with Gasteiger partial charge in [0.15, 0.2) is 5.82 Å². The molecular formula is C9H12N2O3. The van der Waals surface area contributed by atoms with E-state index in [1.54, 1.807) is 0 Å². The molecule has 0 aliphatic heterocycles. The summed E-state index contributed by atoms with van der Waals surface area (Å²) in [6.07, 6.45) is 2.26. The molecule has 0 saturated heterocycles. The fourth-order valence-electron chi connectivity index (χ4n) is 1.65. The summed E-state index contributed by atoms with van der Waals surface area (Å²) in [5.74, 6) is -0.0329. The van der Waals surface area contributed by atoms with Gasteiger partial charge in [0.05, 0.1) is 11.8 Å². The highest BCUT2D eigenvalue weighted by molar-refractivity contribution is 5.72. The Bertz CT molecular complexity index is 348. The van der Waals surface area contributed by atoms with Crippen LogP contribution in [0.2, 0.25) is 0 Å². The summed E-state index contributed by atoms with van der Waals surface area (Å²) in [5, 5.41) is 12.6. The lowest BCUT2D eigenvalue weighted by Crippen LogP contribution is -2.31. The van der Waals surface area contributed by atoms with Gasteiger partial charge in [-0.25, -0.2) is 0 Å². The summed E-state index contributed by atoms with van der Waals surface area (Å²) >= 11 is 0. The number of carboxylic acid groups (broad SMARTS) is 1. The van der Waals surface area contributed by atoms with Gasteiger partial charge in [0.1, 0.15) is 0 Å². The molecule has 14 heavy (non-hydrogen) atoms. The maximum Gasteiger partial charge on any atom is 0.307 e. The second-order valence-corrected chi connectivity index (χ2v) is 3.53. The monoisotopic (exact) mass is 196 g/mol. The SMILES string of the molecule is CCc1noc([C@@H]2CC[C@@H]2C(=O)O)n1. The van der Waals surface area contributed by atoms with Crippen molar-refractivity contribution in [3.63, 3.8) is 0 Å². The number of aryl methyl sites for hydroxylation is 1. The number of carboxylic acids is 1. The van der Waals surface area contributed by atoms with Crippen molar-refractivity contribution in [1.82, 2.24) is 10.1 Å². The molecule has 5 nitrogen and oxygen atoms in total. The molecule has 1 heterocycles. The van der Waals surface area contributed by atoms with Crippen LogP contribution in [0.15, 0.2) is 4.52 Å². The summed E-state index contributed by atoms with van der Waals surface area (Å²) in [5.41, 5.74) is 0. The number of aliphatic carboxylic acids is 1. The summed E-state index contributed by atoms with van der Waals surface area (Å²) in [4.78, 5) is 14.9. The first-order valence-electron chi connectivity index (χ1n) is 4.77. The third kappa shape index (κ3) is 1.38. The third-order valence-electron chi connectivity index (χ3n) is 2.71. The number of aromatic nitrogens is 2. The van der Waals surface area contributed by atoms with Crippen molar-refractivity contribution >= 4 is 5.97 Å². The van der Waals surface area contributed by atoms with E-state index in [0.29, 0.717) is 24.6 Å². The van der Waals surface area contributed by atoms with E-state index in [0.717, 1.165) is 6.42 Å². The Morgan fingerprint density at radius 1 is 1.64 bits per heavy atom. The molecule has 0 unspecified atom stereocenters. The predicted molar refractivity (Wildman–Crippen MR) is 46.8 cm³/mol. The van der Waals surface area contributed by atoms with Gasteiger partial charge in [-0.05, 0) is 12.8 Å². The lowest BCUT2D eigenvalue weighted by molar-refractivity contribution is -0.146. The number of hydrogen-bond acceptors (Lipinski definition) is 4. The Balaban J connectivity index is 2.12. The molecule has 2 rings (SSSR count). The van der Waals surface area contributed by atoms with Crippen molar-refractivity contribution in [2.75, 3.05) is 0 Å². The topological polar surface area (TPSA) is 76.2 Å². The van der Waals surface area contributed by atoms with E-state index in [4.69, 9.17) is 9.63 Å². The standard InChI is InChI=1S/C9H12N2O3/c1-2-7-10-8(14-11-7)5-3-4-6(5)9(12)13/h5-6H,2-4H2,1H3,(H,12,13)/t5-,6+/m1/s1. The number of rotatable bonds is 3. The van der Waals surface area contributed by atoms with E-state index < -0.39 is 5.97 Å². The first-order valence-corrected chi connectivity index (χ1v) is 4.77. The van der Waals surface area contributed by atoms with Gasteiger partial charge in [-0.15, -0.1) is 0 Å². The van der Waals surface area contributed by atoms with Crippen LogP contribution in [0, 0.1) is 5.92 Å². The smallest absolute Gasteiger partial charge is 0.307 e. The average Bonchev–Trinajstić information content (AvgIpc) is 2.49. The minimum Gasteiger partial charge on any atom is -0.481 e. The molecule has 0 radical (unpaired) electrons. The first-order chi connectivity index (χ1) is 6.72. The molecule has 1 fully saturated rings. The molecule has 1 saturated carbocycles. The summed E-state index contributed by atoms with van der Waals surface area (Å²) in [7, 11) is 0. The van der Waals surface area contributed by atoms with Crippen LogP contribution in [0.1, 0.15) is 37.4 Å². The summed E-state index contributed by atoms with van der Waals surface area (Å²) in [6, 6.07) is 0. The third-order valence-corrected chi connectivity index (χ3v) is 2.71. The van der Waals surface area contributed by atoms with Crippen LogP contribution in [0.4, 0.5) is 0 Å². The van der Waals surface area contributed by atoms with Gasteiger partial charge in [-0.2, -0.15) is 4.98 Å². The second kappa shape index (κ2) is 3.40. The maximum absolute atomic E-state index is 10.8. The highest BCUT2D eigenvalue weighted by Gasteiger charge is 2.41. The van der Waals surface area contributed by atoms with E-state index in [1.807, 2.05) is 6.92 Å². The van der Waals surface area contributed by atoms with Crippen molar-refractivity contribution in [3.05, 3.63) is 11.7 Å². The maximum atomic E-state index is 10.8. The van der Waals surface area contributed by atoms with E-state index in [-0.39, 0.29) is 11.8 Å². The highest BCUT2D eigenvalue weighted by atomic mass is 16.5. The molecular weight excluding hydrogens is 184 g/mol. The molecule has 1 N–H and O–H groups in total. The van der Waals surface area contributed by atoms with E-state index in [1.165, 1.54) is 0 Å². The number of carbonyl (C=O) groups is 1. The van der Waals surface area contributed by atoms with Gasteiger partial charge in [0.25, 0.3) is 0 Å². The van der Waals surface area contributed by atoms with Crippen LogP contribution < -0.4 is 0 Å². The fourth-order valence-corrected chi connectivity index (χ4v) is 1.65. The number of nitrogens with zero attached hydrogens (tertiary/aromatic N) is 2. The van der Waals surface area contributed by atoms with Crippen LogP contribution in [-0.2, 0) is 11.2 Å². The van der Waals surface area contributed by atoms with Crippen LogP contribution >= 0.6 is 0 Å². The largest absolute Gasteiger partial charge is 0.481 e. The van der Waals surface area contributed by atoms with Crippen LogP contribution in [-0.4, -0.2) is 21.2 Å². The van der Waals surface area contributed by atoms with Gasteiger partial charge in [0.2, 0.25) is 5.89 Å². The van der Waals surface area contributed by atoms with E-state index in [2.05, 4.69) is 10.1 Å². The molecule has 1 aliphatic rings. The molecule has 1 aromatic rings. The van der Waals surface area contributed by atoms with Crippen molar-refractivity contribution in [2.24, 2.45) is 5.92 Å². The summed E-state index contributed by atoms with van der Waals surface area (Å²) in [6.45, 7) is 1.93. The molecule has 5 heteroatoms. The van der Waals surface area contributed by atoms with Gasteiger partial charge in [-0.3, -0.25) is 4.79 Å². The Morgan fingerprint density at radius 3 is 2.86 bits per heavy atom. The fraction of sp³-hybridized carbons (Fsp3) is 0.667. The molecule has 2 atom stereocenters. The Kier molecular flexibility index (Phi) is 2.23. The van der Waals surface area contributed by atoms with Gasteiger partial charge < -0.3 is 9.63 Å². The molecule has 0 amide bonds. The summed E-state index contributed by atoms with van der Waals surface area (Å²) < 4.78 is 5.02. The molecule has 0 spiro atoms. The van der Waals surface area contributed by atoms with E-state index in [9.17, 15) is 4.79 Å². The molecule has 76 valence electrons. The molecule has 0 aromatic carbocycles. The van der Waals surface area contributed by atoms with Gasteiger partial charge >= 0.3 is 5.97 Å². The average molecular weight is 196 g/mol. The van der Waals surface area contributed by atoms with Crippen molar-refractivity contribution in [2.45, 2.75) is 32.1 Å². The zero-order chi connectivity index (χ0) is 10.1. The second-order valence-electron chi connectivity index (χ2n) is 3.53. The minimum absolute atomic E-state index is 0.0692. The molecule has 0 bridgehead atoms. The van der Waals surface area contributed by atoms with Crippen LogP contribution in [0.5, 0.6) is 0 Å². The first kappa shape index (κ1) is 9.18. The Hall–Kier alpha value is -1.39. The lowest BCUT2D eigenvalue weighted by Gasteiger charge is -2.29. The predicted octanol–water partition coefficient (Wildman–Crippen LogP) is 1.21. The Morgan fingerprint density at radius 2 is 2.43 bits per heavy atom. The highest BCUT2D eigenvalue weighted by Crippen LogP contribution is 2.41. The quantitative estimate of drug-likeness (QED) is 0.786. The Labute approximate surface area is 81.1 Å². The van der Waals surface area contributed by atoms with Gasteiger partial charge in [0, 0.05) is 6.42 Å². The normalized spacial score (nSPS) is 25.8. The van der Waals surface area contributed by atoms with Crippen LogP contribution in [0.25, 0.3) is 0 Å². The lowest BCUT2D eigenvalue weighted by atomic mass is 9.73. The van der Waals surface area contributed by atoms with Crippen LogP contribution in [0.3, 0.4) is 0 Å².